The molecule has 13 heavy (non-hydrogen) atoms. The first-order chi connectivity index (χ1) is 6.07. The molecule has 4 heteroatoms. The minimum Gasteiger partial charge on any atom is -0.391 e. The summed E-state index contributed by atoms with van der Waals surface area (Å²) in [6, 6.07) is 0. The van der Waals surface area contributed by atoms with E-state index >= 15 is 0 Å². The summed E-state index contributed by atoms with van der Waals surface area (Å²) in [5.74, 6) is -1.55. The van der Waals surface area contributed by atoms with E-state index in [1.165, 1.54) is 6.92 Å². The van der Waals surface area contributed by atoms with Crippen LogP contribution in [0.15, 0.2) is 12.2 Å². The van der Waals surface area contributed by atoms with E-state index in [2.05, 4.69) is 4.74 Å². The van der Waals surface area contributed by atoms with E-state index in [0.717, 1.165) is 6.42 Å². The number of carbonyl (C=O) groups excluding carboxylic acids is 2. The van der Waals surface area contributed by atoms with Gasteiger partial charge >= 0.3 is 11.9 Å². The molecule has 0 saturated heterocycles. The number of hydrogen-bond acceptors (Lipinski definition) is 4. The Kier molecular flexibility index (Phi) is 5.80. The molecule has 0 spiro atoms. The van der Waals surface area contributed by atoms with Crippen LogP contribution in [0.1, 0.15) is 26.7 Å². The van der Waals surface area contributed by atoms with Crippen molar-refractivity contribution >= 4 is 11.9 Å². The SMILES string of the molecule is CC/C=C/CC(=O)OC(=O)C(C)O. The number of rotatable bonds is 4. The lowest BCUT2D eigenvalue weighted by Gasteiger charge is -2.02. The van der Waals surface area contributed by atoms with Crippen LogP contribution in [-0.2, 0) is 14.3 Å². The summed E-state index contributed by atoms with van der Waals surface area (Å²) >= 11 is 0. The number of aliphatic hydroxyl groups is 1. The molecule has 0 aromatic carbocycles. The van der Waals surface area contributed by atoms with Crippen LogP contribution < -0.4 is 0 Å². The Balaban J connectivity index is 3.75. The van der Waals surface area contributed by atoms with Crippen LogP contribution in [0, 0.1) is 0 Å². The minimum absolute atomic E-state index is 0.0618. The second-order valence-corrected chi connectivity index (χ2v) is 2.55. The lowest BCUT2D eigenvalue weighted by Crippen LogP contribution is -2.22. The van der Waals surface area contributed by atoms with Crippen LogP contribution in [0.2, 0.25) is 0 Å². The van der Waals surface area contributed by atoms with Crippen LogP contribution >= 0.6 is 0 Å². The van der Waals surface area contributed by atoms with E-state index in [1.54, 1.807) is 12.2 Å². The van der Waals surface area contributed by atoms with Crippen molar-refractivity contribution in [2.75, 3.05) is 0 Å². The molecule has 0 amide bonds. The third-order valence-corrected chi connectivity index (χ3v) is 1.24. The van der Waals surface area contributed by atoms with Crippen molar-refractivity contribution in [3.8, 4) is 0 Å². The minimum atomic E-state index is -1.25. The summed E-state index contributed by atoms with van der Waals surface area (Å²) in [5, 5.41) is 8.70. The Bertz CT molecular complexity index is 206. The van der Waals surface area contributed by atoms with Gasteiger partial charge in [-0.15, -0.1) is 0 Å². The average molecular weight is 186 g/mol. The van der Waals surface area contributed by atoms with Gasteiger partial charge in [-0.3, -0.25) is 4.79 Å². The molecule has 0 fully saturated rings. The van der Waals surface area contributed by atoms with E-state index < -0.39 is 18.0 Å². The monoisotopic (exact) mass is 186 g/mol. The molecule has 0 bridgehead atoms. The van der Waals surface area contributed by atoms with E-state index in [9.17, 15) is 9.59 Å². The molecule has 74 valence electrons. The first kappa shape index (κ1) is 11.8. The predicted octanol–water partition coefficient (Wildman–Crippen LogP) is 0.793. The lowest BCUT2D eigenvalue weighted by molar-refractivity contribution is -0.164. The maximum Gasteiger partial charge on any atom is 0.342 e. The van der Waals surface area contributed by atoms with Gasteiger partial charge in [-0.2, -0.15) is 0 Å². The summed E-state index contributed by atoms with van der Waals surface area (Å²) in [5.41, 5.74) is 0. The number of allylic oxidation sites excluding steroid dienone is 1. The number of ether oxygens (including phenoxy) is 1. The standard InChI is InChI=1S/C9H14O4/c1-3-4-5-6-8(11)13-9(12)7(2)10/h4-5,7,10H,3,6H2,1-2H3/b5-4+. The third-order valence-electron chi connectivity index (χ3n) is 1.24. The van der Waals surface area contributed by atoms with Crippen molar-refractivity contribution in [3.63, 3.8) is 0 Å². The Labute approximate surface area is 77.2 Å². The predicted molar refractivity (Wildman–Crippen MR) is 46.8 cm³/mol. The molecule has 4 nitrogen and oxygen atoms in total. The molecular weight excluding hydrogens is 172 g/mol. The van der Waals surface area contributed by atoms with Crippen molar-refractivity contribution in [2.45, 2.75) is 32.8 Å². The summed E-state index contributed by atoms with van der Waals surface area (Å²) in [4.78, 5) is 21.5. The van der Waals surface area contributed by atoms with Crippen molar-refractivity contribution in [3.05, 3.63) is 12.2 Å². The number of hydrogen-bond donors (Lipinski definition) is 1. The number of esters is 2. The van der Waals surface area contributed by atoms with Gasteiger partial charge in [0.2, 0.25) is 0 Å². The molecular formula is C9H14O4. The van der Waals surface area contributed by atoms with E-state index in [0.29, 0.717) is 0 Å². The fraction of sp³-hybridized carbons (Fsp3) is 0.556. The zero-order valence-corrected chi connectivity index (χ0v) is 7.82. The van der Waals surface area contributed by atoms with Crippen molar-refractivity contribution < 1.29 is 19.4 Å². The van der Waals surface area contributed by atoms with Gasteiger partial charge in [-0.1, -0.05) is 19.1 Å². The summed E-state index contributed by atoms with van der Waals surface area (Å²) in [6.45, 7) is 3.18. The Hall–Kier alpha value is -1.16. The highest BCUT2D eigenvalue weighted by molar-refractivity contribution is 5.88. The molecule has 0 rings (SSSR count). The molecule has 0 aromatic heterocycles. The largest absolute Gasteiger partial charge is 0.391 e. The molecule has 0 heterocycles. The topological polar surface area (TPSA) is 63.6 Å². The Morgan fingerprint density at radius 2 is 2.08 bits per heavy atom. The quantitative estimate of drug-likeness (QED) is 0.400. The van der Waals surface area contributed by atoms with Crippen LogP contribution in [0.3, 0.4) is 0 Å². The summed E-state index contributed by atoms with van der Waals surface area (Å²) in [7, 11) is 0. The first-order valence-electron chi connectivity index (χ1n) is 4.15. The van der Waals surface area contributed by atoms with Crippen molar-refractivity contribution in [2.24, 2.45) is 0 Å². The lowest BCUT2D eigenvalue weighted by atomic mass is 10.3. The van der Waals surface area contributed by atoms with E-state index in [-0.39, 0.29) is 6.42 Å². The highest BCUT2D eigenvalue weighted by Crippen LogP contribution is 1.93. The van der Waals surface area contributed by atoms with Gasteiger partial charge in [-0.05, 0) is 13.3 Å². The average Bonchev–Trinajstić information content (AvgIpc) is 2.04. The molecule has 0 aliphatic rings. The van der Waals surface area contributed by atoms with Crippen LogP contribution in [0.25, 0.3) is 0 Å². The molecule has 0 aromatic rings. The number of carbonyl (C=O) groups is 2. The first-order valence-corrected chi connectivity index (χ1v) is 4.15. The Morgan fingerprint density at radius 3 is 2.54 bits per heavy atom. The maximum absolute atomic E-state index is 10.8. The second kappa shape index (κ2) is 6.37. The fourth-order valence-electron chi connectivity index (χ4n) is 0.585. The van der Waals surface area contributed by atoms with Gasteiger partial charge in [-0.25, -0.2) is 4.79 Å². The molecule has 1 atom stereocenters. The normalized spacial score (nSPS) is 12.8. The van der Waals surface area contributed by atoms with Crippen molar-refractivity contribution in [1.29, 1.82) is 0 Å². The zero-order valence-electron chi connectivity index (χ0n) is 7.82. The maximum atomic E-state index is 10.8. The third kappa shape index (κ3) is 6.04. The van der Waals surface area contributed by atoms with Gasteiger partial charge < -0.3 is 9.84 Å². The van der Waals surface area contributed by atoms with Gasteiger partial charge in [0.1, 0.15) is 6.10 Å². The molecule has 0 radical (unpaired) electrons. The van der Waals surface area contributed by atoms with E-state index in [4.69, 9.17) is 5.11 Å². The number of aliphatic hydroxyl groups excluding tert-OH is 1. The van der Waals surface area contributed by atoms with E-state index in [1.807, 2.05) is 6.92 Å². The fourth-order valence-corrected chi connectivity index (χ4v) is 0.585. The highest BCUT2D eigenvalue weighted by Gasteiger charge is 2.13. The molecule has 0 saturated carbocycles. The molecule has 1 N–H and O–H groups in total. The van der Waals surface area contributed by atoms with Crippen LogP contribution in [0.5, 0.6) is 0 Å². The smallest absolute Gasteiger partial charge is 0.342 e. The Morgan fingerprint density at radius 1 is 1.46 bits per heavy atom. The van der Waals surface area contributed by atoms with Crippen LogP contribution in [-0.4, -0.2) is 23.1 Å². The van der Waals surface area contributed by atoms with Gasteiger partial charge in [0, 0.05) is 0 Å². The summed E-state index contributed by atoms with van der Waals surface area (Å²) < 4.78 is 4.28. The summed E-state index contributed by atoms with van der Waals surface area (Å²) in [6.07, 6.45) is 3.06. The zero-order chi connectivity index (χ0) is 10.3. The molecule has 0 aliphatic heterocycles. The highest BCUT2D eigenvalue weighted by atomic mass is 16.6. The van der Waals surface area contributed by atoms with Gasteiger partial charge in [0.15, 0.2) is 0 Å². The van der Waals surface area contributed by atoms with Crippen LogP contribution in [0.4, 0.5) is 0 Å². The second-order valence-electron chi connectivity index (χ2n) is 2.55. The van der Waals surface area contributed by atoms with Gasteiger partial charge in [0.05, 0.1) is 6.42 Å². The van der Waals surface area contributed by atoms with Gasteiger partial charge in [0.25, 0.3) is 0 Å². The molecule has 1 unspecified atom stereocenters. The van der Waals surface area contributed by atoms with Crippen molar-refractivity contribution in [1.82, 2.24) is 0 Å². The molecule has 0 aliphatic carbocycles.